The number of hydrogen-bond acceptors (Lipinski definition) is 5. The van der Waals surface area contributed by atoms with E-state index in [-0.39, 0.29) is 23.5 Å². The first-order chi connectivity index (χ1) is 15.9. The highest BCUT2D eigenvalue weighted by Crippen LogP contribution is 2.31. The normalized spacial score (nSPS) is 20.2. The quantitative estimate of drug-likeness (QED) is 0.593. The molecule has 3 heterocycles. The van der Waals surface area contributed by atoms with Crippen molar-refractivity contribution >= 4 is 21.4 Å². The average molecular weight is 465 g/mol. The Bertz CT molecular complexity index is 1240. The molecule has 1 amide bonds. The van der Waals surface area contributed by atoms with Gasteiger partial charge in [-0.15, -0.1) is 0 Å². The van der Waals surface area contributed by atoms with Crippen LogP contribution < -0.4 is 4.90 Å². The van der Waals surface area contributed by atoms with Gasteiger partial charge in [0.25, 0.3) is 5.91 Å². The third-order valence-electron chi connectivity index (χ3n) is 6.54. The molecular weight excluding hydrogens is 436 g/mol. The molecule has 2 fully saturated rings. The van der Waals surface area contributed by atoms with Crippen LogP contribution in [-0.4, -0.2) is 66.7 Å². The smallest absolute Gasteiger partial charge is 0.274 e. The molecule has 2 aromatic carbocycles. The number of aryl methyl sites for hydroxylation is 1. The molecule has 0 spiro atoms. The summed E-state index contributed by atoms with van der Waals surface area (Å²) >= 11 is 0. The van der Waals surface area contributed by atoms with Crippen LogP contribution in [0, 0.1) is 6.92 Å². The number of hydrogen-bond donors (Lipinski definition) is 0. The van der Waals surface area contributed by atoms with Gasteiger partial charge in [0.15, 0.2) is 15.5 Å². The first-order valence-corrected chi connectivity index (χ1v) is 13.2. The van der Waals surface area contributed by atoms with Crippen LogP contribution in [0.5, 0.6) is 0 Å². The van der Waals surface area contributed by atoms with Crippen LogP contribution in [0.2, 0.25) is 0 Å². The van der Waals surface area contributed by atoms with Crippen molar-refractivity contribution in [2.24, 2.45) is 0 Å². The SMILES string of the molecule is Cc1ccc(-c2cc(C(=O)N3CCN(c4ccccc4)CC3)nn2[C@@H]2CCS(=O)(=O)C2)cc1. The summed E-state index contributed by atoms with van der Waals surface area (Å²) < 4.78 is 26.0. The van der Waals surface area contributed by atoms with Crippen molar-refractivity contribution in [1.29, 1.82) is 0 Å². The number of anilines is 1. The van der Waals surface area contributed by atoms with E-state index >= 15 is 0 Å². The second-order valence-electron chi connectivity index (χ2n) is 8.90. The van der Waals surface area contributed by atoms with Gasteiger partial charge in [0.2, 0.25) is 0 Å². The highest BCUT2D eigenvalue weighted by atomic mass is 32.2. The molecule has 0 bridgehead atoms. The number of aromatic nitrogens is 2. The van der Waals surface area contributed by atoms with Crippen LogP contribution in [0.1, 0.15) is 28.5 Å². The first kappa shape index (κ1) is 21.7. The molecule has 0 saturated carbocycles. The topological polar surface area (TPSA) is 75.5 Å². The number of benzene rings is 2. The number of carbonyl (C=O) groups excluding carboxylic acids is 1. The maximum absolute atomic E-state index is 13.3. The minimum absolute atomic E-state index is 0.0664. The Morgan fingerprint density at radius 2 is 1.67 bits per heavy atom. The molecule has 2 aliphatic heterocycles. The predicted molar refractivity (Wildman–Crippen MR) is 129 cm³/mol. The van der Waals surface area contributed by atoms with Crippen molar-refractivity contribution in [2.45, 2.75) is 19.4 Å². The highest BCUT2D eigenvalue weighted by Gasteiger charge is 2.33. The van der Waals surface area contributed by atoms with Gasteiger partial charge in [0.05, 0.1) is 23.2 Å². The summed E-state index contributed by atoms with van der Waals surface area (Å²) in [7, 11) is -3.07. The second kappa shape index (κ2) is 8.67. The van der Waals surface area contributed by atoms with Gasteiger partial charge in [-0.2, -0.15) is 5.10 Å². The molecule has 2 aliphatic rings. The van der Waals surface area contributed by atoms with E-state index in [4.69, 9.17) is 0 Å². The third kappa shape index (κ3) is 4.53. The zero-order valence-electron chi connectivity index (χ0n) is 18.7. The minimum atomic E-state index is -3.07. The molecule has 1 aromatic heterocycles. The zero-order valence-corrected chi connectivity index (χ0v) is 19.5. The summed E-state index contributed by atoms with van der Waals surface area (Å²) in [5.74, 6) is 0.127. The van der Waals surface area contributed by atoms with Crippen molar-refractivity contribution in [1.82, 2.24) is 14.7 Å². The van der Waals surface area contributed by atoms with Crippen LogP contribution in [0.15, 0.2) is 60.7 Å². The van der Waals surface area contributed by atoms with Gasteiger partial charge in [-0.1, -0.05) is 48.0 Å². The average Bonchev–Trinajstić information content (AvgIpc) is 3.43. The van der Waals surface area contributed by atoms with Crippen LogP contribution >= 0.6 is 0 Å². The lowest BCUT2D eigenvalue weighted by molar-refractivity contribution is 0.0739. The lowest BCUT2D eigenvalue weighted by Gasteiger charge is -2.35. The highest BCUT2D eigenvalue weighted by molar-refractivity contribution is 7.91. The Kier molecular flexibility index (Phi) is 5.70. The van der Waals surface area contributed by atoms with Crippen molar-refractivity contribution in [3.63, 3.8) is 0 Å². The number of para-hydroxylation sites is 1. The molecule has 0 aliphatic carbocycles. The van der Waals surface area contributed by atoms with E-state index < -0.39 is 9.84 Å². The fraction of sp³-hybridized carbons (Fsp3) is 0.360. The molecule has 3 aromatic rings. The molecular formula is C25H28N4O3S. The Morgan fingerprint density at radius 3 is 2.30 bits per heavy atom. The number of piperazine rings is 1. The number of nitrogens with zero attached hydrogens (tertiary/aromatic N) is 4. The Hall–Kier alpha value is -3.13. The molecule has 2 saturated heterocycles. The van der Waals surface area contributed by atoms with E-state index in [1.807, 2.05) is 60.4 Å². The van der Waals surface area contributed by atoms with E-state index in [9.17, 15) is 13.2 Å². The van der Waals surface area contributed by atoms with E-state index in [1.54, 1.807) is 4.68 Å². The Labute approximate surface area is 194 Å². The summed E-state index contributed by atoms with van der Waals surface area (Å²) in [6, 6.07) is 19.8. The molecule has 0 N–H and O–H groups in total. The van der Waals surface area contributed by atoms with Crippen LogP contribution in [0.25, 0.3) is 11.3 Å². The van der Waals surface area contributed by atoms with Crippen LogP contribution in [-0.2, 0) is 9.84 Å². The summed E-state index contributed by atoms with van der Waals surface area (Å²) in [5.41, 5.74) is 4.41. The largest absolute Gasteiger partial charge is 0.368 e. The zero-order chi connectivity index (χ0) is 23.0. The van der Waals surface area contributed by atoms with Gasteiger partial charge in [0, 0.05) is 31.9 Å². The van der Waals surface area contributed by atoms with Crippen molar-refractivity contribution in [3.8, 4) is 11.3 Å². The minimum Gasteiger partial charge on any atom is -0.368 e. The summed E-state index contributed by atoms with van der Waals surface area (Å²) in [6.07, 6.45) is 0.520. The van der Waals surface area contributed by atoms with Crippen LogP contribution in [0.4, 0.5) is 5.69 Å². The lowest BCUT2D eigenvalue weighted by atomic mass is 10.1. The summed E-state index contributed by atoms with van der Waals surface area (Å²) in [4.78, 5) is 17.5. The third-order valence-corrected chi connectivity index (χ3v) is 8.30. The number of amides is 1. The number of sulfone groups is 1. The predicted octanol–water partition coefficient (Wildman–Crippen LogP) is 3.18. The standard InChI is InChI=1S/C25H28N4O3S/c1-19-7-9-20(10-8-19)24-17-23(26-29(24)22-11-16-33(31,32)18-22)25(30)28-14-12-27(13-15-28)21-5-3-2-4-6-21/h2-10,17,22H,11-16,18H2,1H3/t22-/m1/s1. The lowest BCUT2D eigenvalue weighted by Crippen LogP contribution is -2.48. The van der Waals surface area contributed by atoms with E-state index in [2.05, 4.69) is 22.1 Å². The first-order valence-electron chi connectivity index (χ1n) is 11.4. The summed E-state index contributed by atoms with van der Waals surface area (Å²) in [5, 5.41) is 4.66. The molecule has 1 atom stereocenters. The molecule has 7 nitrogen and oxygen atoms in total. The van der Waals surface area contributed by atoms with Gasteiger partial charge < -0.3 is 9.80 Å². The van der Waals surface area contributed by atoms with Gasteiger partial charge in [-0.05, 0) is 37.1 Å². The van der Waals surface area contributed by atoms with Gasteiger partial charge in [-0.3, -0.25) is 9.48 Å². The molecule has 0 unspecified atom stereocenters. The molecule has 33 heavy (non-hydrogen) atoms. The van der Waals surface area contributed by atoms with Crippen molar-refractivity contribution in [3.05, 3.63) is 71.9 Å². The maximum atomic E-state index is 13.3. The Balaban J connectivity index is 1.39. The fourth-order valence-electron chi connectivity index (χ4n) is 4.65. The van der Waals surface area contributed by atoms with Crippen molar-refractivity contribution in [2.75, 3.05) is 42.6 Å². The van der Waals surface area contributed by atoms with Gasteiger partial charge in [-0.25, -0.2) is 8.42 Å². The molecule has 8 heteroatoms. The fourth-order valence-corrected chi connectivity index (χ4v) is 6.35. The monoisotopic (exact) mass is 464 g/mol. The van der Waals surface area contributed by atoms with Crippen LogP contribution in [0.3, 0.4) is 0 Å². The maximum Gasteiger partial charge on any atom is 0.274 e. The van der Waals surface area contributed by atoms with Gasteiger partial charge in [0.1, 0.15) is 0 Å². The molecule has 172 valence electrons. The van der Waals surface area contributed by atoms with Gasteiger partial charge >= 0.3 is 0 Å². The number of rotatable bonds is 4. The van der Waals surface area contributed by atoms with E-state index in [0.717, 1.165) is 35.6 Å². The number of carbonyl (C=O) groups is 1. The van der Waals surface area contributed by atoms with E-state index in [0.29, 0.717) is 25.2 Å². The molecule has 5 rings (SSSR count). The summed E-state index contributed by atoms with van der Waals surface area (Å²) in [6.45, 7) is 4.80. The van der Waals surface area contributed by atoms with E-state index in [1.165, 1.54) is 0 Å². The molecule has 0 radical (unpaired) electrons. The van der Waals surface area contributed by atoms with Crippen molar-refractivity contribution < 1.29 is 13.2 Å². The second-order valence-corrected chi connectivity index (χ2v) is 11.1. The Morgan fingerprint density at radius 1 is 0.970 bits per heavy atom.